The molecule has 5 heteroatoms. The Morgan fingerprint density at radius 2 is 2.00 bits per heavy atom. The molecular weight excluding hydrogens is 192 g/mol. The van der Waals surface area contributed by atoms with Crippen LogP contribution < -0.4 is 5.32 Å². The number of anilines is 1. The monoisotopic (exact) mass is 208 g/mol. The minimum absolute atomic E-state index is 0.0922. The molecule has 0 saturated carbocycles. The van der Waals surface area contributed by atoms with Crippen LogP contribution in [0.2, 0.25) is 0 Å². The van der Waals surface area contributed by atoms with Crippen LogP contribution >= 0.6 is 0 Å². The summed E-state index contributed by atoms with van der Waals surface area (Å²) in [5.74, 6) is 0.654. The summed E-state index contributed by atoms with van der Waals surface area (Å²) in [6.07, 6.45) is 3.93. The Labute approximate surface area is 89.5 Å². The molecule has 1 aromatic rings. The van der Waals surface area contributed by atoms with Gasteiger partial charge in [-0.3, -0.25) is 4.79 Å². The van der Waals surface area contributed by atoms with E-state index in [1.807, 2.05) is 6.92 Å². The first-order valence-electron chi connectivity index (χ1n) is 4.82. The second kappa shape index (κ2) is 5.29. The normalized spacial score (nSPS) is 9.80. The smallest absolute Gasteiger partial charge is 0.223 e. The predicted molar refractivity (Wildman–Crippen MR) is 58.6 cm³/mol. The zero-order chi connectivity index (χ0) is 11.3. The number of aromatic nitrogens is 2. The molecule has 0 unspecified atom stereocenters. The number of hydrogen-bond donors (Lipinski definition) is 1. The van der Waals surface area contributed by atoms with Gasteiger partial charge in [-0.05, 0) is 12.5 Å². The van der Waals surface area contributed by atoms with Gasteiger partial charge in [0.05, 0.1) is 0 Å². The molecule has 1 rings (SSSR count). The number of nitrogens with one attached hydrogen (secondary N) is 1. The molecule has 0 aliphatic carbocycles. The lowest BCUT2D eigenvalue weighted by Gasteiger charge is -2.10. The van der Waals surface area contributed by atoms with Crippen molar-refractivity contribution in [1.29, 1.82) is 0 Å². The van der Waals surface area contributed by atoms with Gasteiger partial charge in [0.25, 0.3) is 0 Å². The van der Waals surface area contributed by atoms with E-state index in [1.54, 1.807) is 31.4 Å². The average molecular weight is 208 g/mol. The van der Waals surface area contributed by atoms with E-state index in [4.69, 9.17) is 0 Å². The predicted octanol–water partition coefficient (Wildman–Crippen LogP) is 0.675. The van der Waals surface area contributed by atoms with Crippen LogP contribution in [-0.4, -0.2) is 41.4 Å². The van der Waals surface area contributed by atoms with Crippen LogP contribution in [0, 0.1) is 6.92 Å². The Balaban J connectivity index is 2.32. The molecule has 0 aliphatic rings. The van der Waals surface area contributed by atoms with Gasteiger partial charge in [0, 0.05) is 39.5 Å². The number of hydrogen-bond acceptors (Lipinski definition) is 4. The first-order chi connectivity index (χ1) is 7.09. The summed E-state index contributed by atoms with van der Waals surface area (Å²) in [5, 5.41) is 2.99. The summed E-state index contributed by atoms with van der Waals surface area (Å²) in [7, 11) is 3.48. The number of carbonyl (C=O) groups is 1. The fraction of sp³-hybridized carbons (Fsp3) is 0.500. The Kier molecular flexibility index (Phi) is 4.03. The third kappa shape index (κ3) is 3.93. The van der Waals surface area contributed by atoms with E-state index < -0.39 is 0 Å². The van der Waals surface area contributed by atoms with Crippen molar-refractivity contribution in [3.63, 3.8) is 0 Å². The lowest BCUT2D eigenvalue weighted by atomic mass is 10.4. The van der Waals surface area contributed by atoms with Gasteiger partial charge in [-0.2, -0.15) is 0 Å². The van der Waals surface area contributed by atoms with Crippen LogP contribution in [0.4, 0.5) is 5.95 Å². The van der Waals surface area contributed by atoms with Crippen molar-refractivity contribution >= 4 is 11.9 Å². The van der Waals surface area contributed by atoms with Crippen molar-refractivity contribution in [2.45, 2.75) is 13.3 Å². The van der Waals surface area contributed by atoms with Crippen LogP contribution in [0.5, 0.6) is 0 Å². The second-order valence-corrected chi connectivity index (χ2v) is 3.55. The molecule has 0 fully saturated rings. The molecule has 1 heterocycles. The molecule has 0 spiro atoms. The summed E-state index contributed by atoms with van der Waals surface area (Å²) < 4.78 is 0. The first-order valence-corrected chi connectivity index (χ1v) is 4.82. The summed E-state index contributed by atoms with van der Waals surface area (Å²) in [5.41, 5.74) is 1.02. The van der Waals surface area contributed by atoms with Gasteiger partial charge in [-0.1, -0.05) is 0 Å². The van der Waals surface area contributed by atoms with Gasteiger partial charge >= 0.3 is 0 Å². The largest absolute Gasteiger partial charge is 0.354 e. The summed E-state index contributed by atoms with van der Waals surface area (Å²) >= 11 is 0. The van der Waals surface area contributed by atoms with Crippen molar-refractivity contribution in [3.8, 4) is 0 Å². The van der Waals surface area contributed by atoms with Crippen LogP contribution in [0.3, 0.4) is 0 Å². The summed E-state index contributed by atoms with van der Waals surface area (Å²) in [6, 6.07) is 0. The molecule has 0 saturated heterocycles. The van der Waals surface area contributed by atoms with Gasteiger partial charge in [0.2, 0.25) is 11.9 Å². The molecule has 5 nitrogen and oxygen atoms in total. The SMILES string of the molecule is Cc1cnc(NCCC(=O)N(C)C)nc1. The van der Waals surface area contributed by atoms with Crippen LogP contribution in [0.15, 0.2) is 12.4 Å². The molecule has 1 N–H and O–H groups in total. The first kappa shape index (κ1) is 11.4. The average Bonchev–Trinajstić information content (AvgIpc) is 2.20. The third-order valence-electron chi connectivity index (χ3n) is 1.90. The maximum absolute atomic E-state index is 11.2. The molecule has 0 atom stereocenters. The van der Waals surface area contributed by atoms with E-state index in [9.17, 15) is 4.79 Å². The van der Waals surface area contributed by atoms with Crippen molar-refractivity contribution in [2.75, 3.05) is 26.0 Å². The van der Waals surface area contributed by atoms with Crippen LogP contribution in [0.1, 0.15) is 12.0 Å². The standard InChI is InChI=1S/C10H16N4O/c1-8-6-12-10(13-7-8)11-5-4-9(15)14(2)3/h6-7H,4-5H2,1-3H3,(H,11,12,13). The van der Waals surface area contributed by atoms with Gasteiger partial charge in [0.15, 0.2) is 0 Å². The Morgan fingerprint density at radius 3 is 2.53 bits per heavy atom. The molecule has 1 amide bonds. The van der Waals surface area contributed by atoms with Gasteiger partial charge in [-0.25, -0.2) is 9.97 Å². The molecule has 0 aromatic carbocycles. The third-order valence-corrected chi connectivity index (χ3v) is 1.90. The van der Waals surface area contributed by atoms with Gasteiger partial charge in [0.1, 0.15) is 0 Å². The minimum atomic E-state index is 0.0922. The van der Waals surface area contributed by atoms with Gasteiger partial charge < -0.3 is 10.2 Å². The molecule has 82 valence electrons. The molecule has 15 heavy (non-hydrogen) atoms. The number of aryl methyl sites for hydroxylation is 1. The zero-order valence-corrected chi connectivity index (χ0v) is 9.32. The second-order valence-electron chi connectivity index (χ2n) is 3.55. The van der Waals surface area contributed by atoms with E-state index in [1.165, 1.54) is 0 Å². The fourth-order valence-electron chi connectivity index (χ4n) is 0.989. The Hall–Kier alpha value is -1.65. The van der Waals surface area contributed by atoms with Crippen LogP contribution in [-0.2, 0) is 4.79 Å². The maximum atomic E-state index is 11.2. The topological polar surface area (TPSA) is 58.1 Å². The Bertz CT molecular complexity index is 321. The van der Waals surface area contributed by atoms with Crippen molar-refractivity contribution in [2.24, 2.45) is 0 Å². The molecular formula is C10H16N4O. The fourth-order valence-corrected chi connectivity index (χ4v) is 0.989. The van der Waals surface area contributed by atoms with E-state index in [2.05, 4.69) is 15.3 Å². The van der Waals surface area contributed by atoms with E-state index in [-0.39, 0.29) is 5.91 Å². The number of rotatable bonds is 4. The lowest BCUT2D eigenvalue weighted by Crippen LogP contribution is -2.24. The lowest BCUT2D eigenvalue weighted by molar-refractivity contribution is -0.128. The van der Waals surface area contributed by atoms with Crippen molar-refractivity contribution in [1.82, 2.24) is 14.9 Å². The van der Waals surface area contributed by atoms with E-state index in [0.717, 1.165) is 5.56 Å². The molecule has 0 aliphatic heterocycles. The van der Waals surface area contributed by atoms with E-state index in [0.29, 0.717) is 18.9 Å². The highest BCUT2D eigenvalue weighted by Gasteiger charge is 2.03. The quantitative estimate of drug-likeness (QED) is 0.790. The number of nitrogens with zero attached hydrogens (tertiary/aromatic N) is 3. The molecule has 1 aromatic heterocycles. The molecule has 0 radical (unpaired) electrons. The highest BCUT2D eigenvalue weighted by molar-refractivity contribution is 5.75. The highest BCUT2D eigenvalue weighted by atomic mass is 16.2. The summed E-state index contributed by atoms with van der Waals surface area (Å²) in [6.45, 7) is 2.49. The number of carbonyl (C=O) groups excluding carboxylic acids is 1. The van der Waals surface area contributed by atoms with E-state index >= 15 is 0 Å². The van der Waals surface area contributed by atoms with Crippen molar-refractivity contribution < 1.29 is 4.79 Å². The number of amides is 1. The Morgan fingerprint density at radius 1 is 1.40 bits per heavy atom. The maximum Gasteiger partial charge on any atom is 0.223 e. The summed E-state index contributed by atoms with van der Waals surface area (Å²) in [4.78, 5) is 20.9. The van der Waals surface area contributed by atoms with Gasteiger partial charge in [-0.15, -0.1) is 0 Å². The van der Waals surface area contributed by atoms with Crippen LogP contribution in [0.25, 0.3) is 0 Å². The molecule has 0 bridgehead atoms. The zero-order valence-electron chi connectivity index (χ0n) is 9.32. The van der Waals surface area contributed by atoms with Crippen molar-refractivity contribution in [3.05, 3.63) is 18.0 Å². The minimum Gasteiger partial charge on any atom is -0.354 e. The highest BCUT2D eigenvalue weighted by Crippen LogP contribution is 1.98.